The molecule has 3 N–H and O–H groups in total. The van der Waals surface area contributed by atoms with E-state index in [0.717, 1.165) is 11.3 Å². The van der Waals surface area contributed by atoms with E-state index in [4.69, 9.17) is 0 Å². The van der Waals surface area contributed by atoms with Gasteiger partial charge in [-0.2, -0.15) is 4.98 Å². The van der Waals surface area contributed by atoms with Crippen molar-refractivity contribution in [2.24, 2.45) is 0 Å². The summed E-state index contributed by atoms with van der Waals surface area (Å²) in [5, 5.41) is 15.5. The van der Waals surface area contributed by atoms with Gasteiger partial charge < -0.3 is 15.7 Å². The molecule has 0 atom stereocenters. The molecule has 7 heteroatoms. The van der Waals surface area contributed by atoms with E-state index in [1.165, 1.54) is 6.07 Å². The lowest BCUT2D eigenvalue weighted by Gasteiger charge is -2.11. The number of aromatic nitrogens is 2. The summed E-state index contributed by atoms with van der Waals surface area (Å²) in [6, 6.07) is 14.7. The molecule has 126 valence electrons. The number of carboxylic acid groups (broad SMARTS) is 1. The molecule has 0 saturated heterocycles. The minimum Gasteiger partial charge on any atom is -0.478 e. The van der Waals surface area contributed by atoms with Gasteiger partial charge in [0.1, 0.15) is 5.82 Å². The lowest BCUT2D eigenvalue weighted by Crippen LogP contribution is -2.04. The SMILES string of the molecule is Cc1cnc(Nc2ccc(Br)c(C(=O)O)c2)nc1Nc1ccccc1. The average molecular weight is 399 g/mol. The van der Waals surface area contributed by atoms with E-state index in [-0.39, 0.29) is 5.56 Å². The number of aryl methyl sites for hydroxylation is 1. The first-order valence-corrected chi connectivity index (χ1v) is 8.28. The van der Waals surface area contributed by atoms with Gasteiger partial charge in [0.05, 0.1) is 5.56 Å². The van der Waals surface area contributed by atoms with Crippen LogP contribution in [0.4, 0.5) is 23.1 Å². The van der Waals surface area contributed by atoms with Gasteiger partial charge >= 0.3 is 5.97 Å². The molecular formula is C18H15BrN4O2. The van der Waals surface area contributed by atoms with Crippen LogP contribution in [0, 0.1) is 6.92 Å². The molecule has 3 aromatic rings. The largest absolute Gasteiger partial charge is 0.478 e. The van der Waals surface area contributed by atoms with Crippen LogP contribution in [0.1, 0.15) is 15.9 Å². The number of para-hydroxylation sites is 1. The van der Waals surface area contributed by atoms with Gasteiger partial charge in [-0.25, -0.2) is 9.78 Å². The number of rotatable bonds is 5. The second kappa shape index (κ2) is 7.31. The van der Waals surface area contributed by atoms with Crippen molar-refractivity contribution in [3.63, 3.8) is 0 Å². The van der Waals surface area contributed by atoms with Gasteiger partial charge in [-0.05, 0) is 53.2 Å². The Balaban J connectivity index is 1.85. The third kappa shape index (κ3) is 4.13. The van der Waals surface area contributed by atoms with Gasteiger partial charge in [-0.15, -0.1) is 0 Å². The smallest absolute Gasteiger partial charge is 0.336 e. The predicted molar refractivity (Wildman–Crippen MR) is 101 cm³/mol. The summed E-state index contributed by atoms with van der Waals surface area (Å²) < 4.78 is 0.516. The molecule has 25 heavy (non-hydrogen) atoms. The number of nitrogens with one attached hydrogen (secondary N) is 2. The lowest BCUT2D eigenvalue weighted by atomic mass is 10.2. The summed E-state index contributed by atoms with van der Waals surface area (Å²) in [6.07, 6.45) is 1.71. The Labute approximate surface area is 153 Å². The summed E-state index contributed by atoms with van der Waals surface area (Å²) in [5.41, 5.74) is 2.58. The molecule has 0 amide bonds. The van der Waals surface area contributed by atoms with Crippen LogP contribution in [-0.2, 0) is 0 Å². The van der Waals surface area contributed by atoms with Crippen molar-refractivity contribution < 1.29 is 9.90 Å². The second-order valence-corrected chi connectivity index (χ2v) is 6.20. The zero-order valence-corrected chi connectivity index (χ0v) is 14.9. The van der Waals surface area contributed by atoms with Crippen LogP contribution in [0.15, 0.2) is 59.2 Å². The molecular weight excluding hydrogens is 384 g/mol. The van der Waals surface area contributed by atoms with Crippen molar-refractivity contribution in [3.8, 4) is 0 Å². The van der Waals surface area contributed by atoms with E-state index in [1.54, 1.807) is 18.3 Å². The van der Waals surface area contributed by atoms with E-state index in [0.29, 0.717) is 21.9 Å². The number of aromatic carboxylic acids is 1. The zero-order chi connectivity index (χ0) is 17.8. The van der Waals surface area contributed by atoms with Crippen LogP contribution < -0.4 is 10.6 Å². The number of halogens is 1. The van der Waals surface area contributed by atoms with Crippen molar-refractivity contribution in [2.75, 3.05) is 10.6 Å². The molecule has 0 spiro atoms. The minimum absolute atomic E-state index is 0.166. The van der Waals surface area contributed by atoms with Crippen molar-refractivity contribution in [1.29, 1.82) is 0 Å². The van der Waals surface area contributed by atoms with Crippen molar-refractivity contribution >= 4 is 45.0 Å². The van der Waals surface area contributed by atoms with Crippen molar-refractivity contribution in [3.05, 3.63) is 70.3 Å². The fourth-order valence-corrected chi connectivity index (χ4v) is 2.60. The monoisotopic (exact) mass is 398 g/mol. The molecule has 2 aromatic carbocycles. The Morgan fingerprint density at radius 3 is 2.56 bits per heavy atom. The van der Waals surface area contributed by atoms with Gasteiger partial charge in [0.25, 0.3) is 0 Å². The molecule has 3 rings (SSSR count). The molecule has 0 fully saturated rings. The predicted octanol–water partition coefficient (Wildman–Crippen LogP) is 4.73. The van der Waals surface area contributed by atoms with Gasteiger partial charge in [-0.1, -0.05) is 18.2 Å². The number of anilines is 4. The van der Waals surface area contributed by atoms with Crippen LogP contribution in [0.2, 0.25) is 0 Å². The first kappa shape index (κ1) is 16.9. The molecule has 0 unspecified atom stereocenters. The Kier molecular flexibility index (Phi) is 4.95. The quantitative estimate of drug-likeness (QED) is 0.575. The molecule has 0 saturated carbocycles. The third-order valence-electron chi connectivity index (χ3n) is 3.46. The maximum Gasteiger partial charge on any atom is 0.336 e. The molecule has 6 nitrogen and oxygen atoms in total. The highest BCUT2D eigenvalue weighted by Crippen LogP contribution is 2.24. The lowest BCUT2D eigenvalue weighted by molar-refractivity contribution is 0.0696. The highest BCUT2D eigenvalue weighted by atomic mass is 79.9. The molecule has 1 aromatic heterocycles. The van der Waals surface area contributed by atoms with Crippen molar-refractivity contribution in [2.45, 2.75) is 6.92 Å². The normalized spacial score (nSPS) is 10.3. The third-order valence-corrected chi connectivity index (χ3v) is 4.15. The standard InChI is InChI=1S/C18H15BrN4O2/c1-11-10-20-18(23-16(11)21-12-5-3-2-4-6-12)22-13-7-8-15(19)14(9-13)17(24)25/h2-10H,1H3,(H,24,25)(H2,20,21,22,23). The number of hydrogen-bond acceptors (Lipinski definition) is 5. The van der Waals surface area contributed by atoms with Gasteiger partial charge in [0.15, 0.2) is 0 Å². The Bertz CT molecular complexity index is 916. The summed E-state index contributed by atoms with van der Waals surface area (Å²) in [5.74, 6) is 0.0498. The fourth-order valence-electron chi connectivity index (χ4n) is 2.18. The van der Waals surface area contributed by atoms with Crippen LogP contribution in [-0.4, -0.2) is 21.0 Å². The topological polar surface area (TPSA) is 87.1 Å². The van der Waals surface area contributed by atoms with E-state index >= 15 is 0 Å². The summed E-state index contributed by atoms with van der Waals surface area (Å²) in [6.45, 7) is 1.91. The van der Waals surface area contributed by atoms with Crippen LogP contribution in [0.3, 0.4) is 0 Å². The Hall–Kier alpha value is -2.93. The first-order chi connectivity index (χ1) is 12.0. The maximum atomic E-state index is 11.2. The molecule has 0 aliphatic rings. The number of carboxylic acids is 1. The first-order valence-electron chi connectivity index (χ1n) is 7.48. The van der Waals surface area contributed by atoms with Crippen LogP contribution >= 0.6 is 15.9 Å². The van der Waals surface area contributed by atoms with E-state index in [9.17, 15) is 9.90 Å². The summed E-state index contributed by atoms with van der Waals surface area (Å²) >= 11 is 3.22. The van der Waals surface area contributed by atoms with Gasteiger partial charge in [0.2, 0.25) is 5.95 Å². The van der Waals surface area contributed by atoms with Crippen LogP contribution in [0.5, 0.6) is 0 Å². The Morgan fingerprint density at radius 2 is 1.84 bits per heavy atom. The zero-order valence-electron chi connectivity index (χ0n) is 13.3. The number of nitrogens with zero attached hydrogens (tertiary/aromatic N) is 2. The van der Waals surface area contributed by atoms with Gasteiger partial charge in [-0.3, -0.25) is 0 Å². The molecule has 0 aliphatic heterocycles. The van der Waals surface area contributed by atoms with E-state index in [2.05, 4.69) is 36.5 Å². The molecule has 0 bridgehead atoms. The highest BCUT2D eigenvalue weighted by Gasteiger charge is 2.10. The van der Waals surface area contributed by atoms with Crippen LogP contribution in [0.25, 0.3) is 0 Å². The van der Waals surface area contributed by atoms with E-state index in [1.807, 2.05) is 37.3 Å². The number of carbonyl (C=O) groups is 1. The molecule has 0 radical (unpaired) electrons. The summed E-state index contributed by atoms with van der Waals surface area (Å²) in [7, 11) is 0. The van der Waals surface area contributed by atoms with E-state index < -0.39 is 5.97 Å². The second-order valence-electron chi connectivity index (χ2n) is 5.34. The maximum absolute atomic E-state index is 11.2. The van der Waals surface area contributed by atoms with Gasteiger partial charge in [0, 0.05) is 27.6 Å². The fraction of sp³-hybridized carbons (Fsp3) is 0.0556. The summed E-state index contributed by atoms with van der Waals surface area (Å²) in [4.78, 5) is 19.9. The Morgan fingerprint density at radius 1 is 1.08 bits per heavy atom. The minimum atomic E-state index is -1.01. The average Bonchev–Trinajstić information content (AvgIpc) is 2.60. The molecule has 1 heterocycles. The van der Waals surface area contributed by atoms with Crippen molar-refractivity contribution in [1.82, 2.24) is 9.97 Å². The highest BCUT2D eigenvalue weighted by molar-refractivity contribution is 9.10. The number of hydrogen-bond donors (Lipinski definition) is 3. The molecule has 0 aliphatic carbocycles. The number of benzene rings is 2.